The minimum atomic E-state index is -0.837. The van der Waals surface area contributed by atoms with Crippen molar-refractivity contribution in [2.24, 2.45) is 5.73 Å². The number of carboxylic acids is 1. The maximum Gasteiger partial charge on any atom is 0.346 e. The molecular weight excluding hydrogens is 218 g/mol. The fraction of sp³-hybridized carbons (Fsp3) is 0.444. The standard InChI is InChI=1S/C9H13NO2S2/c1-6(10)4-13-5-7-2-3-14-8(7)9(11)12/h2-3,6H,4-5,10H2,1H3,(H,11,12). The number of rotatable bonds is 5. The van der Waals surface area contributed by atoms with Gasteiger partial charge < -0.3 is 10.8 Å². The lowest BCUT2D eigenvalue weighted by Crippen LogP contribution is -2.17. The summed E-state index contributed by atoms with van der Waals surface area (Å²) in [6.07, 6.45) is 0. The van der Waals surface area contributed by atoms with Crippen LogP contribution in [0.15, 0.2) is 11.4 Å². The first kappa shape index (κ1) is 11.6. The summed E-state index contributed by atoms with van der Waals surface area (Å²) in [6.45, 7) is 1.94. The molecule has 14 heavy (non-hydrogen) atoms. The SMILES string of the molecule is CC(N)CSCc1ccsc1C(=O)O. The second kappa shape index (κ2) is 5.38. The molecular formula is C9H13NO2S2. The highest BCUT2D eigenvalue weighted by Crippen LogP contribution is 2.22. The summed E-state index contributed by atoms with van der Waals surface area (Å²) in [5.41, 5.74) is 6.49. The lowest BCUT2D eigenvalue weighted by molar-refractivity contribution is 0.0701. The Morgan fingerprint density at radius 2 is 2.50 bits per heavy atom. The van der Waals surface area contributed by atoms with Crippen molar-refractivity contribution in [1.82, 2.24) is 0 Å². The first-order valence-electron chi connectivity index (χ1n) is 4.24. The molecule has 5 heteroatoms. The molecule has 1 aromatic heterocycles. The van der Waals surface area contributed by atoms with E-state index >= 15 is 0 Å². The van der Waals surface area contributed by atoms with Crippen molar-refractivity contribution in [3.05, 3.63) is 21.9 Å². The van der Waals surface area contributed by atoms with Crippen LogP contribution in [-0.2, 0) is 5.75 Å². The van der Waals surface area contributed by atoms with Gasteiger partial charge in [-0.25, -0.2) is 4.79 Å². The molecule has 0 aromatic carbocycles. The van der Waals surface area contributed by atoms with E-state index in [1.807, 2.05) is 18.4 Å². The smallest absolute Gasteiger partial charge is 0.346 e. The van der Waals surface area contributed by atoms with Gasteiger partial charge in [0.05, 0.1) is 0 Å². The van der Waals surface area contributed by atoms with Crippen molar-refractivity contribution in [2.75, 3.05) is 5.75 Å². The van der Waals surface area contributed by atoms with E-state index in [1.54, 1.807) is 11.8 Å². The van der Waals surface area contributed by atoms with Crippen molar-refractivity contribution >= 4 is 29.1 Å². The normalized spacial score (nSPS) is 12.7. The number of thiophene rings is 1. The fourth-order valence-electron chi connectivity index (χ4n) is 0.992. The summed E-state index contributed by atoms with van der Waals surface area (Å²) in [5, 5.41) is 10.7. The third-order valence-corrected chi connectivity index (χ3v) is 3.80. The zero-order chi connectivity index (χ0) is 10.6. The molecule has 0 bridgehead atoms. The molecule has 0 fully saturated rings. The molecule has 3 N–H and O–H groups in total. The summed E-state index contributed by atoms with van der Waals surface area (Å²) >= 11 is 2.94. The number of hydrogen-bond donors (Lipinski definition) is 2. The Hall–Kier alpha value is -0.520. The van der Waals surface area contributed by atoms with E-state index in [2.05, 4.69) is 0 Å². The monoisotopic (exact) mass is 231 g/mol. The van der Waals surface area contributed by atoms with E-state index in [1.165, 1.54) is 11.3 Å². The highest BCUT2D eigenvalue weighted by molar-refractivity contribution is 7.98. The Morgan fingerprint density at radius 1 is 1.79 bits per heavy atom. The molecule has 1 rings (SSSR count). The first-order valence-corrected chi connectivity index (χ1v) is 6.27. The van der Waals surface area contributed by atoms with Crippen LogP contribution in [0.2, 0.25) is 0 Å². The van der Waals surface area contributed by atoms with E-state index in [4.69, 9.17) is 10.8 Å². The molecule has 0 aliphatic rings. The Bertz CT molecular complexity index is 310. The molecule has 1 aromatic rings. The molecule has 0 amide bonds. The molecule has 1 heterocycles. The van der Waals surface area contributed by atoms with Crippen LogP contribution in [0.5, 0.6) is 0 Å². The molecule has 0 aliphatic carbocycles. The molecule has 3 nitrogen and oxygen atoms in total. The zero-order valence-electron chi connectivity index (χ0n) is 7.90. The maximum atomic E-state index is 10.8. The highest BCUT2D eigenvalue weighted by Gasteiger charge is 2.11. The quantitative estimate of drug-likeness (QED) is 0.814. The van der Waals surface area contributed by atoms with Gasteiger partial charge in [-0.3, -0.25) is 0 Å². The summed E-state index contributed by atoms with van der Waals surface area (Å²) in [5.74, 6) is 0.748. The molecule has 0 saturated heterocycles. The van der Waals surface area contributed by atoms with Crippen LogP contribution in [0.1, 0.15) is 22.2 Å². The van der Waals surface area contributed by atoms with Crippen LogP contribution in [0, 0.1) is 0 Å². The van der Waals surface area contributed by atoms with Gasteiger partial charge in [0.2, 0.25) is 0 Å². The number of carboxylic acid groups (broad SMARTS) is 1. The van der Waals surface area contributed by atoms with Crippen LogP contribution in [0.25, 0.3) is 0 Å². The largest absolute Gasteiger partial charge is 0.477 e. The Kier molecular flexibility index (Phi) is 4.44. The second-order valence-electron chi connectivity index (χ2n) is 3.07. The van der Waals surface area contributed by atoms with E-state index in [0.29, 0.717) is 4.88 Å². The van der Waals surface area contributed by atoms with Gasteiger partial charge in [-0.2, -0.15) is 11.8 Å². The van der Waals surface area contributed by atoms with Crippen LogP contribution < -0.4 is 5.73 Å². The topological polar surface area (TPSA) is 63.3 Å². The Labute approximate surface area is 91.3 Å². The van der Waals surface area contributed by atoms with Gasteiger partial charge in [0, 0.05) is 17.5 Å². The van der Waals surface area contributed by atoms with Gasteiger partial charge in [-0.15, -0.1) is 11.3 Å². The van der Waals surface area contributed by atoms with Crippen LogP contribution in [0.4, 0.5) is 0 Å². The molecule has 0 radical (unpaired) electrons. The number of thioether (sulfide) groups is 1. The van der Waals surface area contributed by atoms with Crippen molar-refractivity contribution < 1.29 is 9.90 Å². The first-order chi connectivity index (χ1) is 6.61. The van der Waals surface area contributed by atoms with E-state index < -0.39 is 5.97 Å². The highest BCUT2D eigenvalue weighted by atomic mass is 32.2. The van der Waals surface area contributed by atoms with Crippen molar-refractivity contribution in [3.8, 4) is 0 Å². The zero-order valence-corrected chi connectivity index (χ0v) is 9.53. The number of carbonyl (C=O) groups is 1. The van der Waals surface area contributed by atoms with Gasteiger partial charge in [-0.1, -0.05) is 0 Å². The molecule has 1 unspecified atom stereocenters. The summed E-state index contributed by atoms with van der Waals surface area (Å²) in [4.78, 5) is 11.2. The minimum absolute atomic E-state index is 0.159. The maximum absolute atomic E-state index is 10.8. The third-order valence-electron chi connectivity index (χ3n) is 1.58. The lowest BCUT2D eigenvalue weighted by Gasteiger charge is -2.03. The number of nitrogens with two attached hydrogens (primary N) is 1. The molecule has 78 valence electrons. The van der Waals surface area contributed by atoms with Crippen LogP contribution in [-0.4, -0.2) is 22.9 Å². The second-order valence-corrected chi connectivity index (χ2v) is 5.02. The van der Waals surface area contributed by atoms with Crippen molar-refractivity contribution in [2.45, 2.75) is 18.7 Å². The average molecular weight is 231 g/mol. The molecule has 1 atom stereocenters. The van der Waals surface area contributed by atoms with E-state index in [0.717, 1.165) is 17.1 Å². The van der Waals surface area contributed by atoms with E-state index in [9.17, 15) is 4.79 Å². The number of aromatic carboxylic acids is 1. The fourth-order valence-corrected chi connectivity index (χ4v) is 2.79. The average Bonchev–Trinajstić information content (AvgIpc) is 2.51. The Balaban J connectivity index is 2.50. The van der Waals surface area contributed by atoms with Gasteiger partial charge in [0.15, 0.2) is 0 Å². The summed E-state index contributed by atoms with van der Waals surface area (Å²) < 4.78 is 0. The van der Waals surface area contributed by atoms with Gasteiger partial charge >= 0.3 is 5.97 Å². The van der Waals surface area contributed by atoms with Crippen LogP contribution in [0.3, 0.4) is 0 Å². The van der Waals surface area contributed by atoms with Crippen LogP contribution >= 0.6 is 23.1 Å². The van der Waals surface area contributed by atoms with Crippen molar-refractivity contribution in [3.63, 3.8) is 0 Å². The molecule has 0 aliphatic heterocycles. The van der Waals surface area contributed by atoms with Gasteiger partial charge in [-0.05, 0) is 23.9 Å². The minimum Gasteiger partial charge on any atom is -0.477 e. The van der Waals surface area contributed by atoms with Gasteiger partial charge in [0.25, 0.3) is 0 Å². The number of hydrogen-bond acceptors (Lipinski definition) is 4. The Morgan fingerprint density at radius 3 is 3.07 bits per heavy atom. The summed E-state index contributed by atoms with van der Waals surface area (Å²) in [7, 11) is 0. The predicted octanol–water partition coefficient (Wildman–Crippen LogP) is 2.03. The predicted molar refractivity (Wildman–Crippen MR) is 61.1 cm³/mol. The molecule has 0 saturated carbocycles. The third kappa shape index (κ3) is 3.32. The van der Waals surface area contributed by atoms with Gasteiger partial charge in [0.1, 0.15) is 4.88 Å². The van der Waals surface area contributed by atoms with Crippen molar-refractivity contribution in [1.29, 1.82) is 0 Å². The summed E-state index contributed by atoms with van der Waals surface area (Å²) in [6, 6.07) is 2.02. The van der Waals surface area contributed by atoms with E-state index in [-0.39, 0.29) is 6.04 Å². The lowest BCUT2D eigenvalue weighted by atomic mass is 10.3. The molecule has 0 spiro atoms.